The SMILES string of the molecule is COCCCNc1ccc(F)cc1N/N=C(\C#N)C(=N)N. The van der Waals surface area contributed by atoms with Crippen LogP contribution in [0, 0.1) is 22.6 Å². The van der Waals surface area contributed by atoms with E-state index >= 15 is 0 Å². The standard InChI is InChI=1S/C13H17FN6O/c1-21-6-2-5-18-10-4-3-9(14)7-11(10)19-20-12(8-15)13(16)17/h3-4,7,18-19H,2,5-6H2,1H3,(H3,16,17)/b20-12+. The number of hydrazone groups is 1. The Balaban J connectivity index is 2.82. The lowest BCUT2D eigenvalue weighted by atomic mass is 10.2. The molecule has 0 heterocycles. The third-order valence-corrected chi connectivity index (χ3v) is 2.47. The maximum atomic E-state index is 13.3. The Morgan fingerprint density at radius 2 is 2.29 bits per heavy atom. The first-order chi connectivity index (χ1) is 10.1. The molecule has 0 amide bonds. The van der Waals surface area contributed by atoms with Crippen LogP contribution in [0.25, 0.3) is 0 Å². The van der Waals surface area contributed by atoms with Crippen molar-refractivity contribution >= 4 is 22.9 Å². The number of methoxy groups -OCH3 is 1. The van der Waals surface area contributed by atoms with Gasteiger partial charge >= 0.3 is 0 Å². The second-order valence-electron chi connectivity index (χ2n) is 4.06. The molecule has 0 spiro atoms. The van der Waals surface area contributed by atoms with Crippen LogP contribution in [0.1, 0.15) is 6.42 Å². The molecule has 0 fully saturated rings. The number of anilines is 2. The number of benzene rings is 1. The van der Waals surface area contributed by atoms with Crippen LogP contribution >= 0.6 is 0 Å². The highest BCUT2D eigenvalue weighted by atomic mass is 19.1. The summed E-state index contributed by atoms with van der Waals surface area (Å²) in [6.07, 6.45) is 0.785. The van der Waals surface area contributed by atoms with Crippen LogP contribution in [0.3, 0.4) is 0 Å². The summed E-state index contributed by atoms with van der Waals surface area (Å²) in [7, 11) is 1.62. The van der Waals surface area contributed by atoms with Crippen molar-refractivity contribution in [3.63, 3.8) is 0 Å². The largest absolute Gasteiger partial charge is 0.385 e. The number of nitrogens with one attached hydrogen (secondary N) is 3. The number of hydrogen-bond donors (Lipinski definition) is 4. The minimum atomic E-state index is -0.462. The Kier molecular flexibility index (Phi) is 6.63. The number of ether oxygens (including phenoxy) is 1. The highest BCUT2D eigenvalue weighted by Gasteiger charge is 2.05. The van der Waals surface area contributed by atoms with E-state index in [-0.39, 0.29) is 5.71 Å². The van der Waals surface area contributed by atoms with Gasteiger partial charge in [-0.2, -0.15) is 10.4 Å². The third-order valence-electron chi connectivity index (χ3n) is 2.47. The molecule has 0 bridgehead atoms. The van der Waals surface area contributed by atoms with Gasteiger partial charge in [-0.15, -0.1) is 0 Å². The summed E-state index contributed by atoms with van der Waals surface area (Å²) >= 11 is 0. The van der Waals surface area contributed by atoms with Crippen molar-refractivity contribution in [1.82, 2.24) is 0 Å². The number of nitriles is 1. The van der Waals surface area contributed by atoms with Crippen LogP contribution in [0.5, 0.6) is 0 Å². The van der Waals surface area contributed by atoms with E-state index in [4.69, 9.17) is 21.1 Å². The first-order valence-corrected chi connectivity index (χ1v) is 6.19. The van der Waals surface area contributed by atoms with Gasteiger partial charge < -0.3 is 15.8 Å². The molecule has 0 aliphatic carbocycles. The average molecular weight is 292 g/mol. The molecule has 0 aliphatic rings. The summed E-state index contributed by atoms with van der Waals surface area (Å²) in [6, 6.07) is 5.77. The van der Waals surface area contributed by atoms with Crippen molar-refractivity contribution in [1.29, 1.82) is 10.7 Å². The summed E-state index contributed by atoms with van der Waals surface area (Å²) in [5.74, 6) is -0.910. The first kappa shape index (κ1) is 16.4. The van der Waals surface area contributed by atoms with Crippen molar-refractivity contribution < 1.29 is 9.13 Å². The van der Waals surface area contributed by atoms with Gasteiger partial charge in [0.05, 0.1) is 11.4 Å². The predicted molar refractivity (Wildman–Crippen MR) is 80.0 cm³/mol. The minimum absolute atomic E-state index is 0.274. The lowest BCUT2D eigenvalue weighted by Gasteiger charge is -2.11. The number of halogens is 1. The number of rotatable bonds is 8. The average Bonchev–Trinajstić information content (AvgIpc) is 2.45. The van der Waals surface area contributed by atoms with Crippen LogP contribution in [-0.4, -0.2) is 31.8 Å². The van der Waals surface area contributed by atoms with E-state index in [0.29, 0.717) is 24.5 Å². The van der Waals surface area contributed by atoms with Gasteiger partial charge in [-0.1, -0.05) is 0 Å². The second kappa shape index (κ2) is 8.50. The summed E-state index contributed by atoms with van der Waals surface area (Å²) < 4.78 is 18.2. The van der Waals surface area contributed by atoms with Crippen molar-refractivity contribution in [2.45, 2.75) is 6.42 Å². The molecule has 5 N–H and O–H groups in total. The maximum Gasteiger partial charge on any atom is 0.201 e. The Hall–Kier alpha value is -2.66. The molecular weight excluding hydrogens is 275 g/mol. The fraction of sp³-hybridized carbons (Fsp3) is 0.308. The lowest BCUT2D eigenvalue weighted by Crippen LogP contribution is -2.22. The van der Waals surface area contributed by atoms with E-state index in [2.05, 4.69) is 15.8 Å². The number of hydrogen-bond acceptors (Lipinski definition) is 6. The molecule has 0 radical (unpaired) electrons. The van der Waals surface area contributed by atoms with Gasteiger partial charge in [0.15, 0.2) is 5.84 Å². The molecule has 1 rings (SSSR count). The molecule has 0 saturated carbocycles. The molecule has 0 atom stereocenters. The van der Waals surface area contributed by atoms with Crippen molar-refractivity contribution in [3.05, 3.63) is 24.0 Å². The van der Waals surface area contributed by atoms with E-state index < -0.39 is 11.7 Å². The molecule has 0 unspecified atom stereocenters. The van der Waals surface area contributed by atoms with E-state index in [1.54, 1.807) is 19.2 Å². The predicted octanol–water partition coefficient (Wildman–Crippen LogP) is 1.50. The van der Waals surface area contributed by atoms with Crippen LogP contribution < -0.4 is 16.5 Å². The minimum Gasteiger partial charge on any atom is -0.385 e. The summed E-state index contributed by atoms with van der Waals surface area (Å²) in [5.41, 5.74) is 8.41. The zero-order chi connectivity index (χ0) is 15.7. The normalized spacial score (nSPS) is 10.8. The Morgan fingerprint density at radius 3 is 2.90 bits per heavy atom. The number of amidine groups is 1. The van der Waals surface area contributed by atoms with Crippen LogP contribution in [-0.2, 0) is 4.74 Å². The second-order valence-corrected chi connectivity index (χ2v) is 4.06. The molecule has 1 aromatic carbocycles. The molecular formula is C13H17FN6O. The molecule has 21 heavy (non-hydrogen) atoms. The van der Waals surface area contributed by atoms with Crippen molar-refractivity contribution in [2.75, 3.05) is 31.0 Å². The Morgan fingerprint density at radius 1 is 1.52 bits per heavy atom. The Labute approximate surface area is 122 Å². The van der Waals surface area contributed by atoms with Crippen molar-refractivity contribution in [3.8, 4) is 6.07 Å². The molecule has 0 saturated heterocycles. The van der Waals surface area contributed by atoms with Crippen LogP contribution in [0.4, 0.5) is 15.8 Å². The first-order valence-electron chi connectivity index (χ1n) is 6.19. The summed E-state index contributed by atoms with van der Waals surface area (Å²) in [4.78, 5) is 0. The van der Waals surface area contributed by atoms with E-state index in [9.17, 15) is 4.39 Å². The zero-order valence-corrected chi connectivity index (χ0v) is 11.6. The van der Waals surface area contributed by atoms with Gasteiger partial charge in [0, 0.05) is 26.3 Å². The molecule has 0 aliphatic heterocycles. The van der Waals surface area contributed by atoms with E-state index in [1.807, 2.05) is 0 Å². The lowest BCUT2D eigenvalue weighted by molar-refractivity contribution is 0.198. The fourth-order valence-corrected chi connectivity index (χ4v) is 1.46. The number of nitrogens with two attached hydrogens (primary N) is 1. The molecule has 112 valence electrons. The quantitative estimate of drug-likeness (QED) is 0.250. The van der Waals surface area contributed by atoms with Gasteiger partial charge in [0.25, 0.3) is 0 Å². The van der Waals surface area contributed by atoms with E-state index in [1.165, 1.54) is 12.1 Å². The van der Waals surface area contributed by atoms with Crippen molar-refractivity contribution in [2.24, 2.45) is 10.8 Å². The van der Waals surface area contributed by atoms with Gasteiger partial charge in [0.2, 0.25) is 5.71 Å². The smallest absolute Gasteiger partial charge is 0.201 e. The Bertz CT molecular complexity index is 566. The topological polar surface area (TPSA) is 119 Å². The number of nitrogens with zero attached hydrogens (tertiary/aromatic N) is 2. The highest BCUT2D eigenvalue weighted by Crippen LogP contribution is 2.22. The monoisotopic (exact) mass is 292 g/mol. The maximum absolute atomic E-state index is 13.3. The zero-order valence-electron chi connectivity index (χ0n) is 11.6. The summed E-state index contributed by atoms with van der Waals surface area (Å²) in [6.45, 7) is 1.24. The van der Waals surface area contributed by atoms with Gasteiger partial charge in [-0.3, -0.25) is 10.8 Å². The van der Waals surface area contributed by atoms with Gasteiger partial charge in [0.1, 0.15) is 11.9 Å². The fourth-order valence-electron chi connectivity index (χ4n) is 1.46. The summed E-state index contributed by atoms with van der Waals surface area (Å²) in [5, 5.41) is 22.7. The molecule has 7 nitrogen and oxygen atoms in total. The van der Waals surface area contributed by atoms with Crippen LogP contribution in [0.15, 0.2) is 23.3 Å². The van der Waals surface area contributed by atoms with Gasteiger partial charge in [-0.25, -0.2) is 4.39 Å². The van der Waals surface area contributed by atoms with Crippen LogP contribution in [0.2, 0.25) is 0 Å². The highest BCUT2D eigenvalue weighted by molar-refractivity contribution is 6.45. The molecule has 0 aromatic heterocycles. The molecule has 8 heteroatoms. The van der Waals surface area contributed by atoms with E-state index in [0.717, 1.165) is 6.42 Å². The van der Waals surface area contributed by atoms with Gasteiger partial charge in [-0.05, 0) is 18.6 Å². The third kappa shape index (κ3) is 5.46. The molecule has 1 aromatic rings.